The fourth-order valence-corrected chi connectivity index (χ4v) is 6.49. The van der Waals surface area contributed by atoms with Crippen molar-refractivity contribution in [1.29, 1.82) is 0 Å². The number of allylic oxidation sites excluding steroid dienone is 22. The predicted molar refractivity (Wildman–Crippen MR) is 283 cm³/mol. The van der Waals surface area contributed by atoms with E-state index in [0.29, 0.717) is 19.3 Å². The molecule has 370 valence electrons. The third kappa shape index (κ3) is 50.5. The molecule has 0 aromatic heterocycles. The van der Waals surface area contributed by atoms with Gasteiger partial charge in [0.15, 0.2) is 6.10 Å². The van der Waals surface area contributed by atoms with Gasteiger partial charge in [-0.1, -0.05) is 187 Å². The molecule has 0 aliphatic carbocycles. The van der Waals surface area contributed by atoms with Gasteiger partial charge in [-0.15, -0.1) is 0 Å². The molecule has 0 spiro atoms. The van der Waals surface area contributed by atoms with E-state index in [4.69, 9.17) is 14.2 Å². The lowest BCUT2D eigenvalue weighted by atomic mass is 10.1. The smallest absolute Gasteiger partial charge is 0.306 e. The molecule has 0 N–H and O–H groups in total. The van der Waals surface area contributed by atoms with Crippen molar-refractivity contribution in [1.82, 2.24) is 0 Å². The Morgan fingerprint density at radius 3 is 0.970 bits per heavy atom. The number of esters is 3. The van der Waals surface area contributed by atoms with Crippen molar-refractivity contribution >= 4 is 17.9 Å². The van der Waals surface area contributed by atoms with Gasteiger partial charge in [0, 0.05) is 19.3 Å². The minimum absolute atomic E-state index is 0.118. The highest BCUT2D eigenvalue weighted by Gasteiger charge is 2.19. The Labute approximate surface area is 405 Å². The average Bonchev–Trinajstić information content (AvgIpc) is 3.31. The van der Waals surface area contributed by atoms with Gasteiger partial charge in [0.05, 0.1) is 0 Å². The predicted octanol–water partition coefficient (Wildman–Crippen LogP) is 17.5. The fourth-order valence-electron chi connectivity index (χ4n) is 6.49. The van der Waals surface area contributed by atoms with Crippen LogP contribution in [0, 0.1) is 0 Å². The highest BCUT2D eigenvalue weighted by Crippen LogP contribution is 2.12. The summed E-state index contributed by atoms with van der Waals surface area (Å²) in [6, 6.07) is 0. The first-order valence-electron chi connectivity index (χ1n) is 26.2. The fraction of sp³-hybridized carbons (Fsp3) is 0.583. The molecule has 66 heavy (non-hydrogen) atoms. The van der Waals surface area contributed by atoms with Crippen LogP contribution in [0.2, 0.25) is 0 Å². The molecule has 0 rings (SSSR count). The third-order valence-corrected chi connectivity index (χ3v) is 10.4. The van der Waals surface area contributed by atoms with E-state index in [9.17, 15) is 14.4 Å². The van der Waals surface area contributed by atoms with Crippen molar-refractivity contribution in [2.75, 3.05) is 13.2 Å². The Morgan fingerprint density at radius 1 is 0.318 bits per heavy atom. The average molecular weight is 911 g/mol. The second kappa shape index (κ2) is 53.2. The zero-order valence-corrected chi connectivity index (χ0v) is 42.1. The van der Waals surface area contributed by atoms with Crippen LogP contribution in [0.1, 0.15) is 207 Å². The van der Waals surface area contributed by atoms with Crippen LogP contribution in [0.5, 0.6) is 0 Å². The van der Waals surface area contributed by atoms with E-state index in [1.54, 1.807) is 0 Å². The lowest BCUT2D eigenvalue weighted by molar-refractivity contribution is -0.167. The monoisotopic (exact) mass is 911 g/mol. The van der Waals surface area contributed by atoms with Crippen molar-refractivity contribution in [3.8, 4) is 0 Å². The van der Waals surface area contributed by atoms with Gasteiger partial charge in [0.25, 0.3) is 0 Å². The van der Waals surface area contributed by atoms with E-state index in [0.717, 1.165) is 122 Å². The molecule has 0 saturated carbocycles. The lowest BCUT2D eigenvalue weighted by Gasteiger charge is -2.18. The molecule has 6 nitrogen and oxygen atoms in total. The molecule has 0 amide bonds. The normalized spacial score (nSPS) is 13.2. The third-order valence-electron chi connectivity index (χ3n) is 10.4. The molecule has 0 fully saturated rings. The zero-order chi connectivity index (χ0) is 47.9. The molecule has 0 aliphatic heterocycles. The Kier molecular flexibility index (Phi) is 49.6. The van der Waals surface area contributed by atoms with Crippen LogP contribution in [0.15, 0.2) is 134 Å². The lowest BCUT2D eigenvalue weighted by Crippen LogP contribution is -2.30. The number of hydrogen-bond acceptors (Lipinski definition) is 6. The van der Waals surface area contributed by atoms with Crippen molar-refractivity contribution in [3.05, 3.63) is 134 Å². The van der Waals surface area contributed by atoms with E-state index < -0.39 is 6.10 Å². The minimum Gasteiger partial charge on any atom is -0.462 e. The summed E-state index contributed by atoms with van der Waals surface area (Å²) in [5, 5.41) is 0. The first kappa shape index (κ1) is 61.5. The molecule has 0 radical (unpaired) electrons. The van der Waals surface area contributed by atoms with Gasteiger partial charge < -0.3 is 14.2 Å². The van der Waals surface area contributed by atoms with Crippen LogP contribution in [0.4, 0.5) is 0 Å². The van der Waals surface area contributed by atoms with Crippen LogP contribution in [-0.4, -0.2) is 37.2 Å². The molecule has 0 saturated heterocycles. The van der Waals surface area contributed by atoms with Gasteiger partial charge >= 0.3 is 17.9 Å². The van der Waals surface area contributed by atoms with Crippen LogP contribution < -0.4 is 0 Å². The maximum Gasteiger partial charge on any atom is 0.306 e. The first-order valence-corrected chi connectivity index (χ1v) is 26.2. The van der Waals surface area contributed by atoms with Crippen LogP contribution in [0.25, 0.3) is 0 Å². The SMILES string of the molecule is CC/C=C\C/C=C\C/C=C\C/C=C\C/C=C\C/C=C\CCCCC(=O)OCC(COC(=O)CCCCCCC/C=C\CCCCC)OC(=O)CCCC/C=C\C/C=C\C/C=C\C/C=C\CC. The summed E-state index contributed by atoms with van der Waals surface area (Å²) >= 11 is 0. The van der Waals surface area contributed by atoms with Crippen molar-refractivity contribution < 1.29 is 28.6 Å². The van der Waals surface area contributed by atoms with Crippen molar-refractivity contribution in [2.24, 2.45) is 0 Å². The molecule has 0 heterocycles. The Balaban J connectivity index is 4.54. The summed E-state index contributed by atoms with van der Waals surface area (Å²) in [6.07, 6.45) is 74.4. The van der Waals surface area contributed by atoms with Gasteiger partial charge in [-0.2, -0.15) is 0 Å². The molecule has 0 bridgehead atoms. The summed E-state index contributed by atoms with van der Waals surface area (Å²) in [4.78, 5) is 38.0. The summed E-state index contributed by atoms with van der Waals surface area (Å²) in [6.45, 7) is 6.28. The number of ether oxygens (including phenoxy) is 3. The zero-order valence-electron chi connectivity index (χ0n) is 42.1. The van der Waals surface area contributed by atoms with Gasteiger partial charge in [-0.25, -0.2) is 0 Å². The molecular weight excluding hydrogens is 817 g/mol. The van der Waals surface area contributed by atoms with E-state index in [1.807, 2.05) is 0 Å². The molecule has 0 aromatic carbocycles. The summed E-state index contributed by atoms with van der Waals surface area (Å²) in [5.41, 5.74) is 0. The van der Waals surface area contributed by atoms with Crippen LogP contribution in [-0.2, 0) is 28.6 Å². The van der Waals surface area contributed by atoms with Gasteiger partial charge in [-0.05, 0) is 135 Å². The topological polar surface area (TPSA) is 78.9 Å². The van der Waals surface area contributed by atoms with E-state index in [1.165, 1.54) is 32.1 Å². The van der Waals surface area contributed by atoms with E-state index in [-0.39, 0.29) is 44.0 Å². The second-order valence-electron chi connectivity index (χ2n) is 16.7. The Bertz CT molecular complexity index is 1460. The molecule has 0 aromatic rings. The largest absolute Gasteiger partial charge is 0.462 e. The quantitative estimate of drug-likeness (QED) is 0.0262. The van der Waals surface area contributed by atoms with E-state index >= 15 is 0 Å². The summed E-state index contributed by atoms with van der Waals surface area (Å²) < 4.78 is 16.7. The number of hydrogen-bond donors (Lipinski definition) is 0. The number of unbranched alkanes of at least 4 members (excludes halogenated alkanes) is 12. The van der Waals surface area contributed by atoms with Gasteiger partial charge in [-0.3, -0.25) is 14.4 Å². The minimum atomic E-state index is -0.825. The Morgan fingerprint density at radius 2 is 0.591 bits per heavy atom. The molecule has 1 unspecified atom stereocenters. The molecular formula is C60H94O6. The number of carbonyl (C=O) groups is 3. The van der Waals surface area contributed by atoms with E-state index in [2.05, 4.69) is 154 Å². The second-order valence-corrected chi connectivity index (χ2v) is 16.7. The maximum absolute atomic E-state index is 12.8. The highest BCUT2D eigenvalue weighted by molar-refractivity contribution is 5.71. The summed E-state index contributed by atoms with van der Waals surface area (Å²) in [5.74, 6) is -1.02. The van der Waals surface area contributed by atoms with Crippen LogP contribution >= 0.6 is 0 Å². The van der Waals surface area contributed by atoms with Crippen LogP contribution in [0.3, 0.4) is 0 Å². The standard InChI is InChI=1S/C60H94O6/c1-4-7-10-13-16-19-22-25-27-28-29-30-31-32-34-35-38-41-44-47-50-53-59(62)65-56-57(55-64-58(61)52-49-46-43-40-37-24-21-18-15-12-9-6-3)66-60(63)54-51-48-45-42-39-36-33-26-23-20-17-14-11-8-5-2/h7-8,10-11,16-21,25-27,29-30,32-34,38-39,41-42,57H,4-6,9,12-15,22-24,28,31,35-37,40,43-56H2,1-3H3/b10-7-,11-8-,19-16-,20-17-,21-18-,27-25-,30-29-,33-26-,34-32-,41-38-,42-39-. The molecule has 0 aliphatic rings. The van der Waals surface area contributed by atoms with Crippen molar-refractivity contribution in [3.63, 3.8) is 0 Å². The summed E-state index contributed by atoms with van der Waals surface area (Å²) in [7, 11) is 0. The number of rotatable bonds is 45. The number of carbonyl (C=O) groups excluding carboxylic acids is 3. The molecule has 6 heteroatoms. The highest BCUT2D eigenvalue weighted by atomic mass is 16.6. The first-order chi connectivity index (χ1) is 32.5. The Hall–Kier alpha value is -4.45. The maximum atomic E-state index is 12.8. The van der Waals surface area contributed by atoms with Gasteiger partial charge in [0.1, 0.15) is 13.2 Å². The van der Waals surface area contributed by atoms with Gasteiger partial charge in [0.2, 0.25) is 0 Å². The molecule has 1 atom stereocenters. The van der Waals surface area contributed by atoms with Crippen molar-refractivity contribution in [2.45, 2.75) is 213 Å².